The molecule has 1 amide bonds. The summed E-state index contributed by atoms with van der Waals surface area (Å²) < 4.78 is 5.80. The molecule has 0 bridgehead atoms. The van der Waals surface area contributed by atoms with E-state index in [2.05, 4.69) is 17.6 Å². The number of rotatable bonds is 3. The lowest BCUT2D eigenvalue weighted by molar-refractivity contribution is 0.0845. The molecule has 2 rings (SSSR count). The maximum Gasteiger partial charge on any atom is 0.407 e. The van der Waals surface area contributed by atoms with Crippen LogP contribution in [0.3, 0.4) is 0 Å². The van der Waals surface area contributed by atoms with Crippen LogP contribution < -0.4 is 0 Å². The van der Waals surface area contributed by atoms with Gasteiger partial charge in [-0.15, -0.1) is 24.0 Å². The Morgan fingerprint density at radius 2 is 2.56 bits per heavy atom. The second-order valence-electron chi connectivity index (χ2n) is 3.99. The second kappa shape index (κ2) is 5.73. The third-order valence-corrected chi connectivity index (χ3v) is 3.92. The second-order valence-corrected chi connectivity index (χ2v) is 5.58. The molecular weight excluding hydrogens is 272 g/mol. The van der Waals surface area contributed by atoms with Crippen LogP contribution in [0.5, 0.6) is 0 Å². The van der Waals surface area contributed by atoms with Gasteiger partial charge in [-0.05, 0) is 12.0 Å². The van der Waals surface area contributed by atoms with Crippen LogP contribution >= 0.6 is 24.0 Å². The zero-order chi connectivity index (χ0) is 13.1. The summed E-state index contributed by atoms with van der Waals surface area (Å²) in [5.74, 6) is 0. The van der Waals surface area contributed by atoms with E-state index in [4.69, 9.17) is 9.84 Å². The van der Waals surface area contributed by atoms with Crippen LogP contribution in [0.15, 0.2) is 15.8 Å². The molecule has 0 unspecified atom stereocenters. The summed E-state index contributed by atoms with van der Waals surface area (Å²) in [7, 11) is 1.58. The molecule has 1 aromatic heterocycles. The normalized spacial score (nSPS) is 19.8. The Morgan fingerprint density at radius 3 is 3.11 bits per heavy atom. The molecule has 0 aromatic carbocycles. The van der Waals surface area contributed by atoms with E-state index in [1.54, 1.807) is 7.11 Å². The summed E-state index contributed by atoms with van der Waals surface area (Å²) in [5, 5.41) is 11.1. The quantitative estimate of drug-likeness (QED) is 0.836. The minimum absolute atomic E-state index is 0.155. The van der Waals surface area contributed by atoms with Crippen LogP contribution in [-0.2, 0) is 4.74 Å². The van der Waals surface area contributed by atoms with Crippen LogP contribution in [0.4, 0.5) is 4.79 Å². The van der Waals surface area contributed by atoms with Crippen molar-refractivity contribution >= 4 is 35.6 Å². The van der Waals surface area contributed by atoms with Crippen molar-refractivity contribution in [1.82, 2.24) is 9.88 Å². The number of amides is 1. The highest BCUT2D eigenvalue weighted by Crippen LogP contribution is 2.28. The van der Waals surface area contributed by atoms with Gasteiger partial charge in [0.05, 0.1) is 18.3 Å². The number of thiol groups is 1. The van der Waals surface area contributed by atoms with Crippen LogP contribution in [0.2, 0.25) is 0 Å². The summed E-state index contributed by atoms with van der Waals surface area (Å²) >= 11 is 5.66. The van der Waals surface area contributed by atoms with Crippen molar-refractivity contribution in [1.29, 1.82) is 0 Å². The number of aromatic nitrogens is 1. The Balaban J connectivity index is 2.18. The summed E-state index contributed by atoms with van der Waals surface area (Å²) in [6.45, 7) is 0.764. The number of ether oxygens (including phenoxy) is 1. The molecule has 7 heteroatoms. The van der Waals surface area contributed by atoms with Gasteiger partial charge in [0, 0.05) is 19.0 Å². The number of carboxylic acid groups (broad SMARTS) is 1. The monoisotopic (exact) mass is 286 g/mol. The maximum atomic E-state index is 11.1. The molecule has 0 saturated carbocycles. The van der Waals surface area contributed by atoms with Crippen molar-refractivity contribution in [2.45, 2.75) is 16.8 Å². The average molecular weight is 286 g/mol. The van der Waals surface area contributed by atoms with Crippen molar-refractivity contribution in [2.24, 2.45) is 0 Å². The number of methoxy groups -OCH3 is 1. The highest BCUT2D eigenvalue weighted by molar-refractivity contribution is 7.82. The molecule has 1 atom stereocenters. The Morgan fingerprint density at radius 1 is 1.78 bits per heavy atom. The van der Waals surface area contributed by atoms with Gasteiger partial charge in [0.25, 0.3) is 0 Å². The van der Waals surface area contributed by atoms with Gasteiger partial charge in [0.1, 0.15) is 4.34 Å². The van der Waals surface area contributed by atoms with Crippen LogP contribution in [-0.4, -0.2) is 47.4 Å². The summed E-state index contributed by atoms with van der Waals surface area (Å²) in [4.78, 5) is 16.8. The predicted molar refractivity (Wildman–Crippen MR) is 72.4 cm³/mol. The van der Waals surface area contributed by atoms with Crippen molar-refractivity contribution in [3.05, 3.63) is 17.2 Å². The maximum absolute atomic E-state index is 11.1. The lowest BCUT2D eigenvalue weighted by Crippen LogP contribution is -2.44. The van der Waals surface area contributed by atoms with Gasteiger partial charge in [-0.3, -0.25) is 4.90 Å². The number of carbonyl (C=O) groups is 1. The number of nitrogens with zero attached hydrogens (tertiary/aromatic N) is 2. The molecular formula is C11H14N2O3S2. The van der Waals surface area contributed by atoms with Gasteiger partial charge < -0.3 is 9.84 Å². The van der Waals surface area contributed by atoms with E-state index in [0.717, 1.165) is 15.6 Å². The molecule has 1 aliphatic rings. The molecule has 0 spiro atoms. The van der Waals surface area contributed by atoms with E-state index < -0.39 is 6.09 Å². The van der Waals surface area contributed by atoms with Gasteiger partial charge in [-0.2, -0.15) is 0 Å². The fraction of sp³-hybridized carbons (Fsp3) is 0.455. The first-order valence-corrected chi connectivity index (χ1v) is 6.77. The molecule has 0 aliphatic carbocycles. The van der Waals surface area contributed by atoms with E-state index >= 15 is 0 Å². The minimum Gasteiger partial charge on any atom is -0.465 e. The van der Waals surface area contributed by atoms with E-state index in [1.165, 1.54) is 16.2 Å². The topological polar surface area (TPSA) is 62.7 Å². The van der Waals surface area contributed by atoms with E-state index in [-0.39, 0.29) is 6.04 Å². The van der Waals surface area contributed by atoms with Gasteiger partial charge in [-0.1, -0.05) is 6.08 Å². The van der Waals surface area contributed by atoms with Crippen LogP contribution in [0, 0.1) is 0 Å². The van der Waals surface area contributed by atoms with Crippen molar-refractivity contribution in [3.63, 3.8) is 0 Å². The Hall–Kier alpha value is -1.05. The van der Waals surface area contributed by atoms with Crippen LogP contribution in [0.1, 0.15) is 12.1 Å². The Labute approximate surface area is 114 Å². The summed E-state index contributed by atoms with van der Waals surface area (Å²) in [6, 6.07) is -0.155. The molecule has 18 heavy (non-hydrogen) atoms. The molecule has 5 nitrogen and oxygen atoms in total. The van der Waals surface area contributed by atoms with Gasteiger partial charge in [0.15, 0.2) is 0 Å². The summed E-state index contributed by atoms with van der Waals surface area (Å²) in [5.41, 5.74) is 1.95. The minimum atomic E-state index is -0.916. The van der Waals surface area contributed by atoms with Crippen molar-refractivity contribution in [3.8, 4) is 0 Å². The zero-order valence-electron chi connectivity index (χ0n) is 9.87. The molecule has 1 N–H and O–H groups in total. The molecule has 1 aliphatic heterocycles. The van der Waals surface area contributed by atoms with Crippen molar-refractivity contribution in [2.75, 3.05) is 20.3 Å². The van der Waals surface area contributed by atoms with E-state index in [9.17, 15) is 4.79 Å². The Bertz CT molecular complexity index is 473. The SMILES string of the molecule is COC[C@@H]1CC(c2csc(S)n2)=CCN1C(=O)O. The molecule has 0 fully saturated rings. The first-order chi connectivity index (χ1) is 8.61. The number of hydrogen-bond acceptors (Lipinski definition) is 5. The molecule has 0 radical (unpaired) electrons. The highest BCUT2D eigenvalue weighted by atomic mass is 32.2. The summed E-state index contributed by atoms with van der Waals surface area (Å²) in [6.07, 6.45) is 1.61. The van der Waals surface area contributed by atoms with Gasteiger partial charge in [0.2, 0.25) is 0 Å². The largest absolute Gasteiger partial charge is 0.465 e. The lowest BCUT2D eigenvalue weighted by atomic mass is 9.99. The third kappa shape index (κ3) is 2.85. The standard InChI is InChI=1S/C11H14N2O3S2/c1-16-5-8-4-7(2-3-13(8)11(14)15)9-6-18-10(17)12-9/h2,6,8H,3-5H2,1H3,(H,12,17)(H,14,15)/t8-/m0/s1. The van der Waals surface area contributed by atoms with Crippen LogP contribution in [0.25, 0.3) is 5.57 Å². The first-order valence-electron chi connectivity index (χ1n) is 5.44. The molecule has 2 heterocycles. The molecule has 1 aromatic rings. The fourth-order valence-electron chi connectivity index (χ4n) is 2.00. The Kier molecular flexibility index (Phi) is 4.26. The molecule has 98 valence electrons. The zero-order valence-corrected chi connectivity index (χ0v) is 11.6. The number of hydrogen-bond donors (Lipinski definition) is 2. The van der Waals surface area contributed by atoms with Crippen molar-refractivity contribution < 1.29 is 14.6 Å². The molecule has 0 saturated heterocycles. The van der Waals surface area contributed by atoms with E-state index in [0.29, 0.717) is 19.6 Å². The predicted octanol–water partition coefficient (Wildman–Crippen LogP) is 2.21. The first kappa shape index (κ1) is 13.4. The van der Waals surface area contributed by atoms with Gasteiger partial charge >= 0.3 is 6.09 Å². The number of thiazole rings is 1. The van der Waals surface area contributed by atoms with E-state index in [1.807, 2.05) is 11.5 Å². The lowest BCUT2D eigenvalue weighted by Gasteiger charge is -2.32. The van der Waals surface area contributed by atoms with Gasteiger partial charge in [-0.25, -0.2) is 9.78 Å². The average Bonchev–Trinajstić information content (AvgIpc) is 2.76. The third-order valence-electron chi connectivity index (χ3n) is 2.86. The highest BCUT2D eigenvalue weighted by Gasteiger charge is 2.28. The fourth-order valence-corrected chi connectivity index (χ4v) is 2.84. The smallest absolute Gasteiger partial charge is 0.407 e.